The van der Waals surface area contributed by atoms with Crippen LogP contribution >= 0.6 is 0 Å². The highest BCUT2D eigenvalue weighted by Crippen LogP contribution is 2.22. The lowest BCUT2D eigenvalue weighted by Crippen LogP contribution is -2.20. The molecule has 0 N–H and O–H groups in total. The summed E-state index contributed by atoms with van der Waals surface area (Å²) in [5.74, 6) is 1.98. The Balaban J connectivity index is 2.15. The number of anilines is 1. The monoisotopic (exact) mass is 190 g/mol. The quantitative estimate of drug-likeness (QED) is 0.712. The fraction of sp³-hybridized carbons (Fsp3) is 0.583. The molecule has 1 fully saturated rings. The van der Waals surface area contributed by atoms with Gasteiger partial charge in [-0.1, -0.05) is 13.8 Å². The highest BCUT2D eigenvalue weighted by atomic mass is 15.2. The molecule has 0 amide bonds. The van der Waals surface area contributed by atoms with Crippen molar-refractivity contribution in [2.45, 2.75) is 26.7 Å². The Labute approximate surface area is 86.0 Å². The van der Waals surface area contributed by atoms with Crippen LogP contribution in [0, 0.1) is 5.92 Å². The first kappa shape index (κ1) is 9.50. The number of aromatic nitrogens is 1. The minimum absolute atomic E-state index is 0.821. The molecule has 0 radical (unpaired) electrons. The molecule has 1 aliphatic rings. The third kappa shape index (κ3) is 1.89. The number of aryl methyl sites for hydroxylation is 1. The molecule has 2 nitrogen and oxygen atoms in total. The van der Waals surface area contributed by atoms with Crippen LogP contribution in [0.2, 0.25) is 0 Å². The van der Waals surface area contributed by atoms with Crippen LogP contribution in [0.1, 0.15) is 25.8 Å². The van der Waals surface area contributed by atoms with Crippen LogP contribution in [-0.2, 0) is 6.42 Å². The van der Waals surface area contributed by atoms with Gasteiger partial charge < -0.3 is 4.90 Å². The molecule has 1 unspecified atom stereocenters. The summed E-state index contributed by atoms with van der Waals surface area (Å²) >= 11 is 0. The summed E-state index contributed by atoms with van der Waals surface area (Å²) in [5, 5.41) is 0. The molecular formula is C12H18N2. The van der Waals surface area contributed by atoms with Gasteiger partial charge in [0.1, 0.15) is 5.82 Å². The van der Waals surface area contributed by atoms with Gasteiger partial charge in [-0.15, -0.1) is 0 Å². The minimum Gasteiger partial charge on any atom is -0.356 e. The van der Waals surface area contributed by atoms with Gasteiger partial charge in [0.15, 0.2) is 0 Å². The Kier molecular flexibility index (Phi) is 2.71. The van der Waals surface area contributed by atoms with Crippen LogP contribution in [0.25, 0.3) is 0 Å². The molecule has 1 aliphatic heterocycles. The minimum atomic E-state index is 0.821. The second-order valence-electron chi connectivity index (χ2n) is 4.22. The fourth-order valence-corrected chi connectivity index (χ4v) is 2.00. The van der Waals surface area contributed by atoms with Gasteiger partial charge in [-0.2, -0.15) is 0 Å². The predicted molar refractivity (Wildman–Crippen MR) is 59.6 cm³/mol. The van der Waals surface area contributed by atoms with Gasteiger partial charge in [0.2, 0.25) is 0 Å². The Bertz CT molecular complexity index is 309. The van der Waals surface area contributed by atoms with Gasteiger partial charge in [0.25, 0.3) is 0 Å². The molecule has 2 heteroatoms. The molecule has 1 saturated heterocycles. The topological polar surface area (TPSA) is 16.1 Å². The lowest BCUT2D eigenvalue weighted by atomic mass is 10.2. The van der Waals surface area contributed by atoms with Crippen LogP contribution < -0.4 is 4.90 Å². The van der Waals surface area contributed by atoms with E-state index in [1.54, 1.807) is 0 Å². The second-order valence-corrected chi connectivity index (χ2v) is 4.22. The number of rotatable bonds is 2. The molecule has 1 atom stereocenters. The van der Waals surface area contributed by atoms with Crippen LogP contribution in [0.4, 0.5) is 5.82 Å². The number of hydrogen-bond acceptors (Lipinski definition) is 2. The predicted octanol–water partition coefficient (Wildman–Crippen LogP) is 2.49. The third-order valence-electron chi connectivity index (χ3n) is 2.97. The summed E-state index contributed by atoms with van der Waals surface area (Å²) < 4.78 is 0. The first-order valence-electron chi connectivity index (χ1n) is 5.49. The average molecular weight is 190 g/mol. The Morgan fingerprint density at radius 3 is 3.07 bits per heavy atom. The van der Waals surface area contributed by atoms with E-state index in [0.717, 1.165) is 18.2 Å². The van der Waals surface area contributed by atoms with E-state index in [4.69, 9.17) is 0 Å². The molecule has 14 heavy (non-hydrogen) atoms. The van der Waals surface area contributed by atoms with Gasteiger partial charge in [-0.25, -0.2) is 4.98 Å². The van der Waals surface area contributed by atoms with Crippen molar-refractivity contribution in [3.8, 4) is 0 Å². The summed E-state index contributed by atoms with van der Waals surface area (Å²) in [5.41, 5.74) is 1.38. The van der Waals surface area contributed by atoms with Crippen molar-refractivity contribution in [2.75, 3.05) is 18.0 Å². The highest BCUT2D eigenvalue weighted by Gasteiger charge is 2.19. The van der Waals surface area contributed by atoms with E-state index >= 15 is 0 Å². The summed E-state index contributed by atoms with van der Waals surface area (Å²) in [6, 6.07) is 4.32. The van der Waals surface area contributed by atoms with E-state index in [-0.39, 0.29) is 0 Å². The van der Waals surface area contributed by atoms with E-state index in [2.05, 4.69) is 35.9 Å². The van der Waals surface area contributed by atoms with Crippen molar-refractivity contribution in [2.24, 2.45) is 5.92 Å². The van der Waals surface area contributed by atoms with Crippen LogP contribution in [0.5, 0.6) is 0 Å². The van der Waals surface area contributed by atoms with E-state index < -0.39 is 0 Å². The van der Waals surface area contributed by atoms with Crippen molar-refractivity contribution in [3.05, 3.63) is 23.9 Å². The molecule has 0 aliphatic carbocycles. The molecule has 0 saturated carbocycles. The standard InChI is InChI=1S/C12H18N2/c1-3-11-4-6-13-12(8-11)14-7-5-10(2)9-14/h4,6,8,10H,3,5,7,9H2,1-2H3. The second kappa shape index (κ2) is 3.99. The largest absolute Gasteiger partial charge is 0.356 e. The Morgan fingerprint density at radius 1 is 1.57 bits per heavy atom. The van der Waals surface area contributed by atoms with Crippen LogP contribution in [-0.4, -0.2) is 18.1 Å². The Hall–Kier alpha value is -1.05. The maximum atomic E-state index is 4.43. The van der Waals surface area contributed by atoms with Crippen molar-refractivity contribution >= 4 is 5.82 Å². The van der Waals surface area contributed by atoms with Gasteiger partial charge in [-0.3, -0.25) is 0 Å². The average Bonchev–Trinajstić information content (AvgIpc) is 2.65. The third-order valence-corrected chi connectivity index (χ3v) is 2.97. The fourth-order valence-electron chi connectivity index (χ4n) is 2.00. The number of pyridine rings is 1. The first-order chi connectivity index (χ1) is 6.79. The van der Waals surface area contributed by atoms with Gasteiger partial charge in [0.05, 0.1) is 0 Å². The van der Waals surface area contributed by atoms with E-state index in [9.17, 15) is 0 Å². The van der Waals surface area contributed by atoms with Crippen LogP contribution in [0.3, 0.4) is 0 Å². The van der Waals surface area contributed by atoms with E-state index in [1.807, 2.05) is 6.20 Å². The van der Waals surface area contributed by atoms with Crippen molar-refractivity contribution in [1.29, 1.82) is 0 Å². The lowest BCUT2D eigenvalue weighted by molar-refractivity contribution is 0.659. The zero-order valence-electron chi connectivity index (χ0n) is 9.03. The number of nitrogens with zero attached hydrogens (tertiary/aromatic N) is 2. The summed E-state index contributed by atoms with van der Waals surface area (Å²) in [4.78, 5) is 6.82. The zero-order chi connectivity index (χ0) is 9.97. The molecule has 76 valence electrons. The molecule has 0 spiro atoms. The zero-order valence-corrected chi connectivity index (χ0v) is 9.03. The molecule has 2 rings (SSSR count). The summed E-state index contributed by atoms with van der Waals surface area (Å²) in [6.07, 6.45) is 4.33. The lowest BCUT2D eigenvalue weighted by Gasteiger charge is -2.17. The summed E-state index contributed by atoms with van der Waals surface area (Å²) in [6.45, 7) is 6.83. The van der Waals surface area contributed by atoms with Crippen molar-refractivity contribution < 1.29 is 0 Å². The SMILES string of the molecule is CCc1ccnc(N2CCC(C)C2)c1. The van der Waals surface area contributed by atoms with Gasteiger partial charge in [0, 0.05) is 19.3 Å². The summed E-state index contributed by atoms with van der Waals surface area (Å²) in [7, 11) is 0. The maximum Gasteiger partial charge on any atom is 0.128 e. The molecular weight excluding hydrogens is 172 g/mol. The highest BCUT2D eigenvalue weighted by molar-refractivity contribution is 5.42. The smallest absolute Gasteiger partial charge is 0.128 e. The molecule has 1 aromatic heterocycles. The molecule has 1 aromatic rings. The van der Waals surface area contributed by atoms with Crippen molar-refractivity contribution in [1.82, 2.24) is 4.98 Å². The molecule has 2 heterocycles. The van der Waals surface area contributed by atoms with E-state index in [0.29, 0.717) is 0 Å². The van der Waals surface area contributed by atoms with Gasteiger partial charge in [-0.05, 0) is 36.5 Å². The number of hydrogen-bond donors (Lipinski definition) is 0. The van der Waals surface area contributed by atoms with Crippen molar-refractivity contribution in [3.63, 3.8) is 0 Å². The normalized spacial score (nSPS) is 21.6. The van der Waals surface area contributed by atoms with Gasteiger partial charge >= 0.3 is 0 Å². The first-order valence-corrected chi connectivity index (χ1v) is 5.49. The van der Waals surface area contributed by atoms with E-state index in [1.165, 1.54) is 25.1 Å². The molecule has 0 bridgehead atoms. The van der Waals surface area contributed by atoms with Crippen LogP contribution in [0.15, 0.2) is 18.3 Å². The molecule has 0 aromatic carbocycles. The Morgan fingerprint density at radius 2 is 2.43 bits per heavy atom. The maximum absolute atomic E-state index is 4.43.